The van der Waals surface area contributed by atoms with E-state index in [4.69, 9.17) is 44.0 Å². The first kappa shape index (κ1) is 20.8. The molecular weight excluding hydrogens is 435 g/mol. The summed E-state index contributed by atoms with van der Waals surface area (Å²) in [7, 11) is 1.47. The summed E-state index contributed by atoms with van der Waals surface area (Å²) in [5, 5.41) is 13.3. The fourth-order valence-electron chi connectivity index (χ4n) is 2.49. The van der Waals surface area contributed by atoms with E-state index in [1.807, 2.05) is 6.07 Å². The van der Waals surface area contributed by atoms with Crippen LogP contribution in [0.4, 0.5) is 5.69 Å². The molecule has 0 saturated heterocycles. The lowest BCUT2D eigenvalue weighted by molar-refractivity contribution is -0.112. The average Bonchev–Trinajstić information content (AvgIpc) is 3.17. The Hall–Kier alpha value is -2.91. The van der Waals surface area contributed by atoms with E-state index in [9.17, 15) is 10.1 Å². The van der Waals surface area contributed by atoms with Crippen LogP contribution in [0.15, 0.2) is 58.5 Å². The van der Waals surface area contributed by atoms with Crippen LogP contribution < -0.4 is 10.1 Å². The van der Waals surface area contributed by atoms with Gasteiger partial charge in [-0.3, -0.25) is 4.79 Å². The minimum Gasteiger partial charge on any atom is -0.495 e. The van der Waals surface area contributed by atoms with Gasteiger partial charge >= 0.3 is 0 Å². The maximum Gasteiger partial charge on any atom is 0.266 e. The number of hydrogen-bond acceptors (Lipinski definition) is 4. The molecule has 0 aliphatic heterocycles. The standard InChI is InChI=1S/C21H13Cl3N2O3/c1-28-20-6-3-14(22)10-18(20)26-21(27)13(11-25)8-15-4-7-19(29-15)12-2-5-16(23)17(24)9-12/h2-10H,1H3,(H,26,27)/b13-8+. The summed E-state index contributed by atoms with van der Waals surface area (Å²) in [5.74, 6) is 0.639. The number of methoxy groups -OCH3 is 1. The lowest BCUT2D eigenvalue weighted by Crippen LogP contribution is -2.14. The summed E-state index contributed by atoms with van der Waals surface area (Å²) >= 11 is 17.9. The third-order valence-corrected chi connectivity index (χ3v) is 4.87. The average molecular weight is 448 g/mol. The number of furan rings is 1. The molecule has 1 amide bonds. The van der Waals surface area contributed by atoms with Gasteiger partial charge in [0.25, 0.3) is 5.91 Å². The SMILES string of the molecule is COc1ccc(Cl)cc1NC(=O)/C(C#N)=C/c1ccc(-c2ccc(Cl)c(Cl)c2)o1. The first-order chi connectivity index (χ1) is 13.9. The smallest absolute Gasteiger partial charge is 0.266 e. The normalized spacial score (nSPS) is 11.1. The number of rotatable bonds is 5. The maximum absolute atomic E-state index is 12.5. The van der Waals surface area contributed by atoms with Gasteiger partial charge in [-0.05, 0) is 48.5 Å². The molecule has 0 aliphatic rings. The van der Waals surface area contributed by atoms with Crippen LogP contribution in [0, 0.1) is 11.3 Å². The van der Waals surface area contributed by atoms with Crippen molar-refractivity contribution in [3.63, 3.8) is 0 Å². The first-order valence-electron chi connectivity index (χ1n) is 8.23. The Morgan fingerprint density at radius 2 is 1.90 bits per heavy atom. The van der Waals surface area contributed by atoms with E-state index in [1.54, 1.807) is 42.5 Å². The van der Waals surface area contributed by atoms with Gasteiger partial charge in [0.1, 0.15) is 28.9 Å². The second-order valence-corrected chi connectivity index (χ2v) is 7.05. The zero-order valence-electron chi connectivity index (χ0n) is 15.0. The molecule has 0 saturated carbocycles. The van der Waals surface area contributed by atoms with E-state index in [0.29, 0.717) is 43.6 Å². The zero-order chi connectivity index (χ0) is 21.0. The van der Waals surface area contributed by atoms with Crippen molar-refractivity contribution in [2.24, 2.45) is 0 Å². The molecule has 1 aromatic heterocycles. The van der Waals surface area contributed by atoms with E-state index >= 15 is 0 Å². The number of amides is 1. The number of ether oxygens (including phenoxy) is 1. The lowest BCUT2D eigenvalue weighted by Gasteiger charge is -2.09. The Morgan fingerprint density at radius 3 is 2.59 bits per heavy atom. The number of carbonyl (C=O) groups is 1. The monoisotopic (exact) mass is 446 g/mol. The van der Waals surface area contributed by atoms with Crippen LogP contribution in [-0.2, 0) is 4.79 Å². The molecule has 3 rings (SSSR count). The largest absolute Gasteiger partial charge is 0.495 e. The minimum atomic E-state index is -0.624. The molecule has 3 aromatic rings. The fraction of sp³-hybridized carbons (Fsp3) is 0.0476. The highest BCUT2D eigenvalue weighted by molar-refractivity contribution is 6.42. The minimum absolute atomic E-state index is 0.151. The number of carbonyl (C=O) groups excluding carboxylic acids is 1. The van der Waals surface area contributed by atoms with Crippen molar-refractivity contribution in [3.8, 4) is 23.1 Å². The first-order valence-corrected chi connectivity index (χ1v) is 9.36. The van der Waals surface area contributed by atoms with Crippen LogP contribution in [0.2, 0.25) is 15.1 Å². The summed E-state index contributed by atoms with van der Waals surface area (Å²) in [6.07, 6.45) is 1.34. The quantitative estimate of drug-likeness (QED) is 0.360. The number of benzene rings is 2. The summed E-state index contributed by atoms with van der Waals surface area (Å²) in [6, 6.07) is 15.1. The number of nitrogens with one attached hydrogen (secondary N) is 1. The number of halogens is 3. The third-order valence-electron chi connectivity index (χ3n) is 3.89. The maximum atomic E-state index is 12.5. The number of hydrogen-bond donors (Lipinski definition) is 1. The van der Waals surface area contributed by atoms with Gasteiger partial charge in [-0.1, -0.05) is 34.8 Å². The molecule has 29 heavy (non-hydrogen) atoms. The van der Waals surface area contributed by atoms with Crippen LogP contribution >= 0.6 is 34.8 Å². The predicted octanol–water partition coefficient (Wildman–Crippen LogP) is 6.46. The highest BCUT2D eigenvalue weighted by Crippen LogP contribution is 2.31. The molecule has 0 unspecified atom stereocenters. The van der Waals surface area contributed by atoms with Gasteiger partial charge < -0.3 is 14.5 Å². The van der Waals surface area contributed by atoms with Crippen LogP contribution in [0.1, 0.15) is 5.76 Å². The van der Waals surface area contributed by atoms with E-state index in [0.717, 1.165) is 0 Å². The van der Waals surface area contributed by atoms with Gasteiger partial charge in [-0.25, -0.2) is 0 Å². The van der Waals surface area contributed by atoms with Crippen LogP contribution in [0.25, 0.3) is 17.4 Å². The summed E-state index contributed by atoms with van der Waals surface area (Å²) in [6.45, 7) is 0. The van der Waals surface area contributed by atoms with Gasteiger partial charge in [0.05, 0.1) is 22.8 Å². The molecule has 0 atom stereocenters. The third kappa shape index (κ3) is 4.93. The fourth-order valence-corrected chi connectivity index (χ4v) is 2.96. The molecule has 8 heteroatoms. The van der Waals surface area contributed by atoms with Crippen molar-refractivity contribution in [2.45, 2.75) is 0 Å². The van der Waals surface area contributed by atoms with E-state index in [1.165, 1.54) is 19.3 Å². The Bertz CT molecular complexity index is 1150. The van der Waals surface area contributed by atoms with Crippen molar-refractivity contribution >= 4 is 52.5 Å². The molecule has 0 aliphatic carbocycles. The van der Waals surface area contributed by atoms with Crippen molar-refractivity contribution in [2.75, 3.05) is 12.4 Å². The molecule has 2 aromatic carbocycles. The van der Waals surface area contributed by atoms with Crippen molar-refractivity contribution < 1.29 is 13.9 Å². The second kappa shape index (κ2) is 9.06. The van der Waals surface area contributed by atoms with E-state index in [-0.39, 0.29) is 5.57 Å². The molecule has 5 nitrogen and oxygen atoms in total. The molecule has 0 spiro atoms. The van der Waals surface area contributed by atoms with Crippen molar-refractivity contribution in [1.82, 2.24) is 0 Å². The summed E-state index contributed by atoms with van der Waals surface area (Å²) in [4.78, 5) is 12.5. The predicted molar refractivity (Wildman–Crippen MR) is 114 cm³/mol. The number of nitrogens with zero attached hydrogens (tertiary/aromatic N) is 1. The van der Waals surface area contributed by atoms with E-state index < -0.39 is 5.91 Å². The number of nitriles is 1. The Labute approximate surface area is 182 Å². The molecule has 146 valence electrons. The number of anilines is 1. The summed E-state index contributed by atoms with van der Waals surface area (Å²) in [5.41, 5.74) is 0.912. The summed E-state index contributed by atoms with van der Waals surface area (Å²) < 4.78 is 10.9. The highest BCUT2D eigenvalue weighted by atomic mass is 35.5. The second-order valence-electron chi connectivity index (χ2n) is 5.80. The van der Waals surface area contributed by atoms with Crippen LogP contribution in [0.5, 0.6) is 5.75 Å². The van der Waals surface area contributed by atoms with Crippen molar-refractivity contribution in [3.05, 3.63) is 74.9 Å². The van der Waals surface area contributed by atoms with Gasteiger partial charge in [0, 0.05) is 16.7 Å². The van der Waals surface area contributed by atoms with Gasteiger partial charge in [-0.2, -0.15) is 5.26 Å². The van der Waals surface area contributed by atoms with E-state index in [2.05, 4.69) is 5.32 Å². The molecular formula is C21H13Cl3N2O3. The Kier molecular flexibility index (Phi) is 6.50. The molecule has 1 heterocycles. The zero-order valence-corrected chi connectivity index (χ0v) is 17.3. The van der Waals surface area contributed by atoms with Crippen LogP contribution in [-0.4, -0.2) is 13.0 Å². The lowest BCUT2D eigenvalue weighted by atomic mass is 10.2. The topological polar surface area (TPSA) is 75.3 Å². The molecule has 0 bridgehead atoms. The van der Waals surface area contributed by atoms with Gasteiger partial charge in [0.2, 0.25) is 0 Å². The molecule has 1 N–H and O–H groups in total. The Morgan fingerprint density at radius 1 is 1.10 bits per heavy atom. The Balaban J connectivity index is 1.84. The molecule has 0 radical (unpaired) electrons. The molecule has 0 fully saturated rings. The van der Waals surface area contributed by atoms with Gasteiger partial charge in [0.15, 0.2) is 0 Å². The van der Waals surface area contributed by atoms with Crippen LogP contribution in [0.3, 0.4) is 0 Å². The van der Waals surface area contributed by atoms with Gasteiger partial charge in [-0.15, -0.1) is 0 Å². The highest BCUT2D eigenvalue weighted by Gasteiger charge is 2.14. The van der Waals surface area contributed by atoms with Crippen molar-refractivity contribution in [1.29, 1.82) is 5.26 Å².